The molecule has 21 heavy (non-hydrogen) atoms. The molecule has 0 bridgehead atoms. The van der Waals surface area contributed by atoms with E-state index in [1.165, 1.54) is 18.4 Å². The van der Waals surface area contributed by atoms with Crippen molar-refractivity contribution >= 4 is 0 Å². The van der Waals surface area contributed by atoms with Gasteiger partial charge in [-0.15, -0.1) is 0 Å². The number of benzene rings is 1. The third-order valence-corrected chi connectivity index (χ3v) is 4.32. The summed E-state index contributed by atoms with van der Waals surface area (Å²) in [4.78, 5) is 2.56. The number of nitrogens with zero attached hydrogens (tertiary/aromatic N) is 1. The summed E-state index contributed by atoms with van der Waals surface area (Å²) in [5.74, 6) is 0. The van der Waals surface area contributed by atoms with E-state index in [0.29, 0.717) is 18.6 Å². The molecule has 0 aliphatic carbocycles. The molecule has 1 rings (SSSR count). The first-order chi connectivity index (χ1) is 10.3. The highest BCUT2D eigenvalue weighted by atomic mass is 16.5. The Kier molecular flexibility index (Phi) is 9.31. The Hall–Kier alpha value is -0.900. The molecule has 0 radical (unpaired) electrons. The first-order valence-corrected chi connectivity index (χ1v) is 8.25. The van der Waals surface area contributed by atoms with Crippen LogP contribution in [0.1, 0.15) is 38.7 Å². The van der Waals surface area contributed by atoms with Gasteiger partial charge in [0.1, 0.15) is 0 Å². The Morgan fingerprint density at radius 2 is 1.76 bits per heavy atom. The van der Waals surface area contributed by atoms with Crippen molar-refractivity contribution in [2.24, 2.45) is 5.73 Å². The van der Waals surface area contributed by atoms with Crippen molar-refractivity contribution < 1.29 is 4.74 Å². The lowest BCUT2D eigenvalue weighted by Gasteiger charge is -2.37. The van der Waals surface area contributed by atoms with Gasteiger partial charge in [0.15, 0.2) is 0 Å². The number of rotatable bonds is 11. The Morgan fingerprint density at radius 3 is 2.29 bits per heavy atom. The molecule has 3 heteroatoms. The molecule has 0 saturated heterocycles. The number of hydrogen-bond acceptors (Lipinski definition) is 3. The smallest absolute Gasteiger partial charge is 0.0589 e. The van der Waals surface area contributed by atoms with E-state index in [0.717, 1.165) is 26.0 Å². The van der Waals surface area contributed by atoms with Gasteiger partial charge in [-0.1, -0.05) is 44.2 Å². The summed E-state index contributed by atoms with van der Waals surface area (Å²) in [5, 5.41) is 0. The number of methoxy groups -OCH3 is 1. The number of aryl methyl sites for hydroxylation is 1. The zero-order valence-corrected chi connectivity index (χ0v) is 13.9. The van der Waals surface area contributed by atoms with Gasteiger partial charge in [0, 0.05) is 32.3 Å². The van der Waals surface area contributed by atoms with Gasteiger partial charge < -0.3 is 10.5 Å². The lowest BCUT2D eigenvalue weighted by molar-refractivity contribution is 0.0786. The van der Waals surface area contributed by atoms with Crippen molar-refractivity contribution in [2.45, 2.75) is 51.6 Å². The molecule has 0 fully saturated rings. The van der Waals surface area contributed by atoms with Gasteiger partial charge in [0.2, 0.25) is 0 Å². The molecule has 1 aromatic carbocycles. The number of nitrogens with two attached hydrogens (primary N) is 1. The molecular weight excluding hydrogens is 260 g/mol. The van der Waals surface area contributed by atoms with Gasteiger partial charge in [0.25, 0.3) is 0 Å². The fraction of sp³-hybridized carbons (Fsp3) is 0.667. The number of ether oxygens (including phenoxy) is 1. The molecule has 0 saturated carbocycles. The van der Waals surface area contributed by atoms with E-state index >= 15 is 0 Å². The second-order valence-corrected chi connectivity index (χ2v) is 5.61. The Morgan fingerprint density at radius 1 is 1.10 bits per heavy atom. The van der Waals surface area contributed by atoms with Crippen molar-refractivity contribution in [3.63, 3.8) is 0 Å². The highest BCUT2D eigenvalue weighted by Crippen LogP contribution is 2.16. The first-order valence-electron chi connectivity index (χ1n) is 8.25. The summed E-state index contributed by atoms with van der Waals surface area (Å²) in [7, 11) is 1.77. The van der Waals surface area contributed by atoms with E-state index in [-0.39, 0.29) is 0 Å². The Labute approximate surface area is 130 Å². The van der Waals surface area contributed by atoms with Crippen molar-refractivity contribution in [2.75, 3.05) is 26.8 Å². The van der Waals surface area contributed by atoms with Crippen LogP contribution in [0.25, 0.3) is 0 Å². The van der Waals surface area contributed by atoms with Crippen molar-refractivity contribution in [1.82, 2.24) is 4.90 Å². The molecule has 3 nitrogen and oxygen atoms in total. The molecule has 0 aliphatic rings. The van der Waals surface area contributed by atoms with Crippen LogP contribution < -0.4 is 5.73 Å². The molecule has 120 valence electrons. The molecule has 1 unspecified atom stereocenters. The lowest BCUT2D eigenvalue weighted by Crippen LogP contribution is -2.48. The quantitative estimate of drug-likeness (QED) is 0.681. The molecule has 0 amide bonds. The van der Waals surface area contributed by atoms with E-state index in [2.05, 4.69) is 49.1 Å². The molecule has 1 atom stereocenters. The summed E-state index contributed by atoms with van der Waals surface area (Å²) in [6.07, 6.45) is 4.54. The SMILES string of the molecule is CCC(CC)N(CCOC)C(CN)CCc1ccccc1. The molecular formula is C18H32N2O. The fourth-order valence-corrected chi connectivity index (χ4v) is 3.01. The summed E-state index contributed by atoms with van der Waals surface area (Å²) < 4.78 is 5.29. The van der Waals surface area contributed by atoms with E-state index in [9.17, 15) is 0 Å². The largest absolute Gasteiger partial charge is 0.383 e. The maximum absolute atomic E-state index is 6.07. The van der Waals surface area contributed by atoms with Crippen LogP contribution in [-0.2, 0) is 11.2 Å². The monoisotopic (exact) mass is 292 g/mol. The summed E-state index contributed by atoms with van der Waals surface area (Å²) in [5.41, 5.74) is 7.47. The minimum atomic E-state index is 0.435. The maximum Gasteiger partial charge on any atom is 0.0589 e. The zero-order valence-electron chi connectivity index (χ0n) is 13.9. The van der Waals surface area contributed by atoms with Gasteiger partial charge in [-0.05, 0) is 31.2 Å². The van der Waals surface area contributed by atoms with Crippen LogP contribution in [0.15, 0.2) is 30.3 Å². The molecule has 2 N–H and O–H groups in total. The average Bonchev–Trinajstić information content (AvgIpc) is 2.54. The summed E-state index contributed by atoms with van der Waals surface area (Å²) >= 11 is 0. The van der Waals surface area contributed by atoms with Crippen LogP contribution >= 0.6 is 0 Å². The lowest BCUT2D eigenvalue weighted by atomic mass is 10.0. The maximum atomic E-state index is 6.07. The van der Waals surface area contributed by atoms with E-state index in [4.69, 9.17) is 10.5 Å². The first kappa shape index (κ1) is 18.1. The normalized spacial score (nSPS) is 13.0. The van der Waals surface area contributed by atoms with Gasteiger partial charge in [-0.25, -0.2) is 0 Å². The Bertz CT molecular complexity index is 351. The van der Waals surface area contributed by atoms with Crippen LogP contribution in [0.5, 0.6) is 0 Å². The van der Waals surface area contributed by atoms with Crippen LogP contribution in [0, 0.1) is 0 Å². The predicted octanol–water partition coefficient (Wildman–Crippen LogP) is 3.08. The van der Waals surface area contributed by atoms with Crippen molar-refractivity contribution in [3.8, 4) is 0 Å². The van der Waals surface area contributed by atoms with E-state index in [1.807, 2.05) is 0 Å². The highest BCUT2D eigenvalue weighted by Gasteiger charge is 2.22. The number of hydrogen-bond donors (Lipinski definition) is 1. The van der Waals surface area contributed by atoms with Gasteiger partial charge in [-0.3, -0.25) is 4.90 Å². The molecule has 0 spiro atoms. The van der Waals surface area contributed by atoms with E-state index in [1.54, 1.807) is 7.11 Å². The third-order valence-electron chi connectivity index (χ3n) is 4.32. The Balaban J connectivity index is 2.66. The van der Waals surface area contributed by atoms with Crippen LogP contribution in [-0.4, -0.2) is 43.8 Å². The predicted molar refractivity (Wildman–Crippen MR) is 90.6 cm³/mol. The summed E-state index contributed by atoms with van der Waals surface area (Å²) in [6, 6.07) is 11.7. The highest BCUT2D eigenvalue weighted by molar-refractivity contribution is 5.14. The van der Waals surface area contributed by atoms with Crippen LogP contribution in [0.4, 0.5) is 0 Å². The molecule has 0 heterocycles. The second kappa shape index (κ2) is 10.8. The van der Waals surface area contributed by atoms with Crippen molar-refractivity contribution in [1.29, 1.82) is 0 Å². The molecule has 0 aliphatic heterocycles. The fourth-order valence-electron chi connectivity index (χ4n) is 3.01. The molecule has 1 aromatic rings. The minimum absolute atomic E-state index is 0.435. The second-order valence-electron chi connectivity index (χ2n) is 5.61. The van der Waals surface area contributed by atoms with Gasteiger partial charge in [0.05, 0.1) is 6.61 Å². The van der Waals surface area contributed by atoms with Crippen molar-refractivity contribution in [3.05, 3.63) is 35.9 Å². The topological polar surface area (TPSA) is 38.5 Å². The molecule has 0 aromatic heterocycles. The van der Waals surface area contributed by atoms with Crippen LogP contribution in [0.2, 0.25) is 0 Å². The standard InChI is InChI=1S/C18H32N2O/c1-4-17(5-2)20(13-14-21-3)18(15-19)12-11-16-9-7-6-8-10-16/h6-10,17-18H,4-5,11-15,19H2,1-3H3. The third kappa shape index (κ3) is 6.16. The van der Waals surface area contributed by atoms with Gasteiger partial charge in [-0.2, -0.15) is 0 Å². The van der Waals surface area contributed by atoms with E-state index < -0.39 is 0 Å². The van der Waals surface area contributed by atoms with Crippen LogP contribution in [0.3, 0.4) is 0 Å². The summed E-state index contributed by atoms with van der Waals surface area (Å²) in [6.45, 7) is 6.99. The van der Waals surface area contributed by atoms with Gasteiger partial charge >= 0.3 is 0 Å². The zero-order chi connectivity index (χ0) is 15.5. The minimum Gasteiger partial charge on any atom is -0.383 e. The average molecular weight is 292 g/mol.